The maximum Gasteiger partial charge on any atom is 0.268 e. The summed E-state index contributed by atoms with van der Waals surface area (Å²) in [7, 11) is 0. The van der Waals surface area contributed by atoms with E-state index < -0.39 is 0 Å². The zero-order chi connectivity index (χ0) is 18.8. The zero-order valence-electron chi connectivity index (χ0n) is 15.6. The molecule has 26 heavy (non-hydrogen) atoms. The lowest BCUT2D eigenvalue weighted by Crippen LogP contribution is -2.34. The molecule has 0 saturated carbocycles. The molecule has 0 spiro atoms. The van der Waals surface area contributed by atoms with E-state index in [9.17, 15) is 9.59 Å². The molecule has 3 nitrogen and oxygen atoms in total. The summed E-state index contributed by atoms with van der Waals surface area (Å²) >= 11 is 1.38. The molecule has 2 aromatic carbocycles. The molecule has 0 bridgehead atoms. The topological polar surface area (TPSA) is 37.4 Å². The summed E-state index contributed by atoms with van der Waals surface area (Å²) in [5, 5.41) is 0. The number of benzene rings is 2. The van der Waals surface area contributed by atoms with Gasteiger partial charge in [-0.1, -0.05) is 67.6 Å². The average molecular weight is 365 g/mol. The fourth-order valence-corrected chi connectivity index (χ4v) is 4.14. The number of amides is 2. The van der Waals surface area contributed by atoms with E-state index in [0.717, 1.165) is 21.6 Å². The van der Waals surface area contributed by atoms with Gasteiger partial charge in [0.15, 0.2) is 0 Å². The number of carbonyl (C=O) groups is 2. The first-order valence-corrected chi connectivity index (χ1v) is 9.61. The van der Waals surface area contributed by atoms with E-state index >= 15 is 0 Å². The molecule has 1 aliphatic rings. The van der Waals surface area contributed by atoms with Crippen LogP contribution in [0.3, 0.4) is 0 Å². The number of rotatable bonds is 5. The molecule has 2 aromatic rings. The second kappa shape index (κ2) is 7.50. The molecule has 0 aromatic heterocycles. The SMILES string of the molecule is Cc1ccc(C2=C(Sc3ccccc3)C(=O)N(CC(C)C)C2=O)c(C)c1. The molecular weight excluding hydrogens is 342 g/mol. The van der Waals surface area contributed by atoms with Crippen LogP contribution in [-0.2, 0) is 9.59 Å². The lowest BCUT2D eigenvalue weighted by atomic mass is 9.98. The third kappa shape index (κ3) is 3.61. The van der Waals surface area contributed by atoms with Gasteiger partial charge in [0, 0.05) is 11.4 Å². The Bertz CT molecular complexity index is 884. The van der Waals surface area contributed by atoms with Gasteiger partial charge >= 0.3 is 0 Å². The molecule has 0 aliphatic carbocycles. The monoisotopic (exact) mass is 365 g/mol. The summed E-state index contributed by atoms with van der Waals surface area (Å²) in [6.45, 7) is 8.48. The van der Waals surface area contributed by atoms with Gasteiger partial charge < -0.3 is 0 Å². The van der Waals surface area contributed by atoms with Crippen LogP contribution >= 0.6 is 11.8 Å². The number of aryl methyl sites for hydroxylation is 2. The Morgan fingerprint density at radius 1 is 0.962 bits per heavy atom. The highest BCUT2D eigenvalue weighted by Crippen LogP contribution is 2.40. The highest BCUT2D eigenvalue weighted by Gasteiger charge is 2.39. The van der Waals surface area contributed by atoms with Crippen molar-refractivity contribution in [3.05, 3.63) is 70.1 Å². The summed E-state index contributed by atoms with van der Waals surface area (Å²) in [6, 6.07) is 15.7. The maximum atomic E-state index is 13.1. The van der Waals surface area contributed by atoms with Crippen molar-refractivity contribution in [3.63, 3.8) is 0 Å². The second-order valence-corrected chi connectivity index (χ2v) is 8.14. The molecule has 0 atom stereocenters. The minimum atomic E-state index is -0.187. The molecule has 4 heteroatoms. The lowest BCUT2D eigenvalue weighted by Gasteiger charge is -2.17. The third-order valence-electron chi connectivity index (χ3n) is 4.29. The number of hydrogen-bond acceptors (Lipinski definition) is 3. The smallest absolute Gasteiger partial charge is 0.268 e. The number of imide groups is 1. The Balaban J connectivity index is 2.11. The van der Waals surface area contributed by atoms with E-state index in [1.165, 1.54) is 16.7 Å². The lowest BCUT2D eigenvalue weighted by molar-refractivity contribution is -0.137. The van der Waals surface area contributed by atoms with Crippen molar-refractivity contribution < 1.29 is 9.59 Å². The van der Waals surface area contributed by atoms with E-state index in [4.69, 9.17) is 0 Å². The van der Waals surface area contributed by atoms with Crippen molar-refractivity contribution in [2.75, 3.05) is 6.54 Å². The fraction of sp³-hybridized carbons (Fsp3) is 0.273. The number of hydrogen-bond donors (Lipinski definition) is 0. The molecule has 0 radical (unpaired) electrons. The number of nitrogens with zero attached hydrogens (tertiary/aromatic N) is 1. The highest BCUT2D eigenvalue weighted by atomic mass is 32.2. The quantitative estimate of drug-likeness (QED) is 0.712. The van der Waals surface area contributed by atoms with Crippen LogP contribution in [-0.4, -0.2) is 23.3 Å². The number of thioether (sulfide) groups is 1. The first-order chi connectivity index (χ1) is 12.4. The van der Waals surface area contributed by atoms with E-state index in [1.54, 1.807) is 0 Å². The summed E-state index contributed by atoms with van der Waals surface area (Å²) < 4.78 is 0. The van der Waals surface area contributed by atoms with E-state index in [0.29, 0.717) is 17.0 Å². The Hall–Kier alpha value is -2.33. The summed E-state index contributed by atoms with van der Waals surface area (Å²) in [5.41, 5.74) is 3.53. The summed E-state index contributed by atoms with van der Waals surface area (Å²) in [6.07, 6.45) is 0. The third-order valence-corrected chi connectivity index (χ3v) is 5.38. The Morgan fingerprint density at radius 2 is 1.65 bits per heavy atom. The van der Waals surface area contributed by atoms with Gasteiger partial charge in [-0.2, -0.15) is 0 Å². The van der Waals surface area contributed by atoms with Crippen LogP contribution in [0.25, 0.3) is 5.57 Å². The van der Waals surface area contributed by atoms with Crippen molar-refractivity contribution in [1.82, 2.24) is 4.90 Å². The largest absolute Gasteiger partial charge is 0.274 e. The second-order valence-electron chi connectivity index (χ2n) is 7.05. The van der Waals surface area contributed by atoms with Crippen molar-refractivity contribution in [2.24, 2.45) is 5.92 Å². The molecule has 0 unspecified atom stereocenters. The van der Waals surface area contributed by atoms with E-state index in [-0.39, 0.29) is 17.7 Å². The first-order valence-electron chi connectivity index (χ1n) is 8.79. The van der Waals surface area contributed by atoms with E-state index in [1.807, 2.05) is 70.2 Å². The van der Waals surface area contributed by atoms with Crippen LogP contribution in [0.1, 0.15) is 30.5 Å². The van der Waals surface area contributed by atoms with Crippen LogP contribution in [0.5, 0.6) is 0 Å². The van der Waals surface area contributed by atoms with Crippen LogP contribution in [0.15, 0.2) is 58.3 Å². The van der Waals surface area contributed by atoms with Crippen molar-refractivity contribution in [1.29, 1.82) is 0 Å². The summed E-state index contributed by atoms with van der Waals surface area (Å²) in [4.78, 5) is 29.0. The predicted octanol–water partition coefficient (Wildman–Crippen LogP) is 4.83. The zero-order valence-corrected chi connectivity index (χ0v) is 16.4. The van der Waals surface area contributed by atoms with Gasteiger partial charge in [0.1, 0.15) is 0 Å². The molecular formula is C22H23NO2S. The summed E-state index contributed by atoms with van der Waals surface area (Å²) in [5.74, 6) is -0.147. The molecule has 0 N–H and O–H groups in total. The highest BCUT2D eigenvalue weighted by molar-refractivity contribution is 8.04. The van der Waals surface area contributed by atoms with Crippen LogP contribution in [0, 0.1) is 19.8 Å². The molecule has 3 rings (SSSR count). The molecule has 1 heterocycles. The van der Waals surface area contributed by atoms with Gasteiger partial charge in [-0.3, -0.25) is 14.5 Å². The van der Waals surface area contributed by atoms with Gasteiger partial charge in [0.2, 0.25) is 0 Å². The Kier molecular flexibility index (Phi) is 5.33. The minimum Gasteiger partial charge on any atom is -0.274 e. The van der Waals surface area contributed by atoms with Gasteiger partial charge in [0.05, 0.1) is 10.5 Å². The molecule has 2 amide bonds. The van der Waals surface area contributed by atoms with Crippen LogP contribution in [0.2, 0.25) is 0 Å². The normalized spacial score (nSPS) is 14.7. The molecule has 134 valence electrons. The predicted molar refractivity (Wildman–Crippen MR) is 107 cm³/mol. The average Bonchev–Trinajstić information content (AvgIpc) is 2.80. The van der Waals surface area contributed by atoms with Crippen molar-refractivity contribution in [3.8, 4) is 0 Å². The van der Waals surface area contributed by atoms with Gasteiger partial charge in [-0.25, -0.2) is 0 Å². The van der Waals surface area contributed by atoms with Crippen LogP contribution < -0.4 is 0 Å². The van der Waals surface area contributed by atoms with Gasteiger partial charge in [-0.15, -0.1) is 0 Å². The number of carbonyl (C=O) groups excluding carboxylic acids is 2. The Morgan fingerprint density at radius 3 is 2.27 bits per heavy atom. The Labute approximate surface area is 159 Å². The standard InChI is InChI=1S/C22H23NO2S/c1-14(2)13-23-21(24)19(18-11-10-15(3)12-16(18)4)20(22(23)25)26-17-8-6-5-7-9-17/h5-12,14H,13H2,1-4H3. The fourth-order valence-electron chi connectivity index (χ4n) is 3.12. The van der Waals surface area contributed by atoms with E-state index in [2.05, 4.69) is 6.07 Å². The van der Waals surface area contributed by atoms with Crippen LogP contribution in [0.4, 0.5) is 0 Å². The first kappa shape index (κ1) is 18.5. The molecule has 0 fully saturated rings. The molecule has 0 saturated heterocycles. The van der Waals surface area contributed by atoms with Gasteiger partial charge in [-0.05, 0) is 43.0 Å². The minimum absolute atomic E-state index is 0.186. The van der Waals surface area contributed by atoms with Gasteiger partial charge in [0.25, 0.3) is 11.8 Å². The van der Waals surface area contributed by atoms with Crippen molar-refractivity contribution in [2.45, 2.75) is 32.6 Å². The maximum absolute atomic E-state index is 13.1. The van der Waals surface area contributed by atoms with Crippen molar-refractivity contribution >= 4 is 29.1 Å². The molecule has 1 aliphatic heterocycles.